The molecule has 6 nitrogen and oxygen atoms in total. The molecule has 1 aliphatic carbocycles. The minimum absolute atomic E-state index is 0.0750. The lowest BCUT2D eigenvalue weighted by molar-refractivity contribution is -0.141. The third-order valence-corrected chi connectivity index (χ3v) is 3.32. The van der Waals surface area contributed by atoms with Crippen LogP contribution >= 0.6 is 0 Å². The Kier molecular flexibility index (Phi) is 4.00. The molecule has 0 atom stereocenters. The number of benzene rings is 1. The van der Waals surface area contributed by atoms with Crippen LogP contribution in [0, 0.1) is 0 Å². The molecule has 126 valence electrons. The Labute approximate surface area is 135 Å². The van der Waals surface area contributed by atoms with Crippen LogP contribution in [-0.4, -0.2) is 21.9 Å². The molecule has 24 heavy (non-hydrogen) atoms. The smallest absolute Gasteiger partial charge is 0.399 e. The molecule has 9 heteroatoms. The van der Waals surface area contributed by atoms with Gasteiger partial charge in [0.2, 0.25) is 5.95 Å². The molecule has 1 amide bonds. The van der Waals surface area contributed by atoms with E-state index in [0.29, 0.717) is 11.8 Å². The van der Waals surface area contributed by atoms with Gasteiger partial charge in [-0.2, -0.15) is 18.2 Å². The highest BCUT2D eigenvalue weighted by Gasteiger charge is 2.34. The summed E-state index contributed by atoms with van der Waals surface area (Å²) >= 11 is 0. The van der Waals surface area contributed by atoms with Gasteiger partial charge < -0.3 is 16.4 Å². The monoisotopic (exact) mass is 337 g/mol. The van der Waals surface area contributed by atoms with Gasteiger partial charge in [0.25, 0.3) is 5.91 Å². The highest BCUT2D eigenvalue weighted by Crippen LogP contribution is 2.31. The maximum Gasteiger partial charge on any atom is 0.433 e. The van der Waals surface area contributed by atoms with E-state index in [-0.39, 0.29) is 23.4 Å². The molecule has 4 N–H and O–H groups in total. The van der Waals surface area contributed by atoms with Crippen molar-refractivity contribution in [1.29, 1.82) is 0 Å². The van der Waals surface area contributed by atoms with E-state index in [1.807, 2.05) is 0 Å². The lowest BCUT2D eigenvalue weighted by Gasteiger charge is -2.12. The van der Waals surface area contributed by atoms with Crippen molar-refractivity contribution >= 4 is 23.4 Å². The number of amides is 1. The first-order valence-corrected chi connectivity index (χ1v) is 7.21. The van der Waals surface area contributed by atoms with Gasteiger partial charge in [0.1, 0.15) is 5.82 Å². The zero-order valence-corrected chi connectivity index (χ0v) is 12.4. The number of alkyl halides is 3. The quantitative estimate of drug-likeness (QED) is 0.746. The predicted octanol–water partition coefficient (Wildman–Crippen LogP) is 2.90. The van der Waals surface area contributed by atoms with Gasteiger partial charge in [0.15, 0.2) is 5.69 Å². The Morgan fingerprint density at radius 1 is 1.21 bits per heavy atom. The van der Waals surface area contributed by atoms with E-state index in [1.165, 1.54) is 12.1 Å². The van der Waals surface area contributed by atoms with Crippen molar-refractivity contribution in [2.45, 2.75) is 25.1 Å². The van der Waals surface area contributed by atoms with E-state index < -0.39 is 17.8 Å². The Morgan fingerprint density at radius 3 is 2.58 bits per heavy atom. The van der Waals surface area contributed by atoms with Crippen molar-refractivity contribution in [3.8, 4) is 0 Å². The Hall–Kier alpha value is -2.84. The largest absolute Gasteiger partial charge is 0.433 e. The SMILES string of the molecule is Nc1cccc(C(=O)Nc2cc(C(F)(F)F)nc(NC3CC3)n2)c1. The minimum atomic E-state index is -4.64. The fourth-order valence-corrected chi connectivity index (χ4v) is 2.00. The molecule has 1 aromatic carbocycles. The third-order valence-electron chi connectivity index (χ3n) is 3.32. The Bertz CT molecular complexity index is 774. The van der Waals surface area contributed by atoms with Gasteiger partial charge in [0.05, 0.1) is 0 Å². The average molecular weight is 337 g/mol. The van der Waals surface area contributed by atoms with Gasteiger partial charge in [-0.05, 0) is 31.0 Å². The topological polar surface area (TPSA) is 92.9 Å². The number of hydrogen-bond acceptors (Lipinski definition) is 5. The second-order valence-corrected chi connectivity index (χ2v) is 5.46. The molecule has 1 heterocycles. The van der Waals surface area contributed by atoms with E-state index in [1.54, 1.807) is 12.1 Å². The van der Waals surface area contributed by atoms with Crippen molar-refractivity contribution < 1.29 is 18.0 Å². The molecular formula is C15H14F3N5O. The highest BCUT2D eigenvalue weighted by atomic mass is 19.4. The molecule has 1 aliphatic rings. The second kappa shape index (κ2) is 5.99. The zero-order chi connectivity index (χ0) is 17.3. The number of halogens is 3. The van der Waals surface area contributed by atoms with Crippen LogP contribution in [0.15, 0.2) is 30.3 Å². The standard InChI is InChI=1S/C15H14F3N5O/c16-15(17,18)11-7-12(23-14(21-11)20-10-4-5-10)22-13(24)8-2-1-3-9(19)6-8/h1-3,6-7,10H,4-5,19H2,(H2,20,21,22,23,24). The molecule has 0 saturated heterocycles. The summed E-state index contributed by atoms with van der Waals surface area (Å²) in [6.45, 7) is 0. The molecule has 0 aliphatic heterocycles. The second-order valence-electron chi connectivity index (χ2n) is 5.46. The number of hydrogen-bond donors (Lipinski definition) is 3. The van der Waals surface area contributed by atoms with Gasteiger partial charge in [0, 0.05) is 23.4 Å². The molecule has 2 aromatic rings. The normalized spacial score (nSPS) is 14.3. The first-order chi connectivity index (χ1) is 11.3. The summed E-state index contributed by atoms with van der Waals surface area (Å²) in [4.78, 5) is 19.5. The highest BCUT2D eigenvalue weighted by molar-refractivity contribution is 6.04. The number of nitrogen functional groups attached to an aromatic ring is 1. The number of carbonyl (C=O) groups is 1. The van der Waals surface area contributed by atoms with Gasteiger partial charge in [-0.25, -0.2) is 4.98 Å². The van der Waals surface area contributed by atoms with Crippen LogP contribution in [0.25, 0.3) is 0 Å². The van der Waals surface area contributed by atoms with Crippen molar-refractivity contribution in [3.63, 3.8) is 0 Å². The lowest BCUT2D eigenvalue weighted by atomic mass is 10.2. The molecule has 1 aromatic heterocycles. The van der Waals surface area contributed by atoms with Gasteiger partial charge >= 0.3 is 6.18 Å². The van der Waals surface area contributed by atoms with Crippen LogP contribution in [0.5, 0.6) is 0 Å². The van der Waals surface area contributed by atoms with Crippen LogP contribution < -0.4 is 16.4 Å². The van der Waals surface area contributed by atoms with Gasteiger partial charge in [-0.1, -0.05) is 6.07 Å². The number of rotatable bonds is 4. The van der Waals surface area contributed by atoms with E-state index in [9.17, 15) is 18.0 Å². The summed E-state index contributed by atoms with van der Waals surface area (Å²) < 4.78 is 38.9. The Balaban J connectivity index is 1.86. The maximum atomic E-state index is 13.0. The summed E-state index contributed by atoms with van der Waals surface area (Å²) in [6, 6.07) is 6.87. The predicted molar refractivity (Wildman–Crippen MR) is 82.5 cm³/mol. The van der Waals surface area contributed by atoms with E-state index in [4.69, 9.17) is 5.73 Å². The zero-order valence-electron chi connectivity index (χ0n) is 12.4. The first-order valence-electron chi connectivity index (χ1n) is 7.21. The van der Waals surface area contributed by atoms with E-state index in [2.05, 4.69) is 20.6 Å². The lowest BCUT2D eigenvalue weighted by Crippen LogP contribution is -2.18. The van der Waals surface area contributed by atoms with Crippen LogP contribution in [0.2, 0.25) is 0 Å². The Morgan fingerprint density at radius 2 is 1.96 bits per heavy atom. The summed E-state index contributed by atoms with van der Waals surface area (Å²) in [5.41, 5.74) is 5.06. The van der Waals surface area contributed by atoms with Crippen molar-refractivity contribution in [2.24, 2.45) is 0 Å². The summed E-state index contributed by atoms with van der Waals surface area (Å²) in [7, 11) is 0. The van der Waals surface area contributed by atoms with Crippen LogP contribution in [0.1, 0.15) is 28.9 Å². The van der Waals surface area contributed by atoms with Gasteiger partial charge in [-0.3, -0.25) is 4.79 Å². The maximum absolute atomic E-state index is 13.0. The molecule has 0 unspecified atom stereocenters. The molecule has 3 rings (SSSR count). The number of aromatic nitrogens is 2. The third kappa shape index (κ3) is 3.92. The van der Waals surface area contributed by atoms with Crippen molar-refractivity contribution in [1.82, 2.24) is 9.97 Å². The van der Waals surface area contributed by atoms with E-state index in [0.717, 1.165) is 12.8 Å². The fraction of sp³-hybridized carbons (Fsp3) is 0.267. The summed E-state index contributed by atoms with van der Waals surface area (Å²) in [5.74, 6) is -0.991. The molecule has 0 spiro atoms. The number of nitrogens with one attached hydrogen (secondary N) is 2. The van der Waals surface area contributed by atoms with Crippen LogP contribution in [-0.2, 0) is 6.18 Å². The number of nitrogens with two attached hydrogens (primary N) is 1. The summed E-state index contributed by atoms with van der Waals surface area (Å²) in [6.07, 6.45) is -2.94. The van der Waals surface area contributed by atoms with Crippen LogP contribution in [0.4, 0.5) is 30.6 Å². The molecule has 0 radical (unpaired) electrons. The minimum Gasteiger partial charge on any atom is -0.399 e. The molecule has 1 fully saturated rings. The number of nitrogens with zero attached hydrogens (tertiary/aromatic N) is 2. The molecule has 0 bridgehead atoms. The fourth-order valence-electron chi connectivity index (χ4n) is 2.00. The van der Waals surface area contributed by atoms with E-state index >= 15 is 0 Å². The van der Waals surface area contributed by atoms with Gasteiger partial charge in [-0.15, -0.1) is 0 Å². The number of carbonyl (C=O) groups excluding carboxylic acids is 1. The van der Waals surface area contributed by atoms with Crippen molar-refractivity contribution in [3.05, 3.63) is 41.6 Å². The van der Waals surface area contributed by atoms with Crippen LogP contribution in [0.3, 0.4) is 0 Å². The molecular weight excluding hydrogens is 323 g/mol. The number of anilines is 3. The molecule has 1 saturated carbocycles. The summed E-state index contributed by atoms with van der Waals surface area (Å²) in [5, 5.41) is 5.14. The average Bonchev–Trinajstić information content (AvgIpc) is 3.30. The van der Waals surface area contributed by atoms with Crippen molar-refractivity contribution in [2.75, 3.05) is 16.4 Å². The first kappa shape index (κ1) is 16.0.